The summed E-state index contributed by atoms with van der Waals surface area (Å²) in [4.78, 5) is 66.9. The number of esters is 1. The zero-order valence-electron chi connectivity index (χ0n) is 46.9. The third-order valence-corrected chi connectivity index (χ3v) is 18.7. The van der Waals surface area contributed by atoms with Crippen LogP contribution in [0.2, 0.25) is 0 Å². The molecule has 6 bridgehead atoms. The van der Waals surface area contributed by atoms with Gasteiger partial charge in [-0.25, -0.2) is 14.8 Å². The molecule has 7 atom stereocenters. The third kappa shape index (κ3) is 11.4. The monoisotopic (exact) mass is 1120 g/mol. The first kappa shape index (κ1) is 55.1. The predicted octanol–water partition coefficient (Wildman–Crippen LogP) is 7.08. The van der Waals surface area contributed by atoms with E-state index in [0.29, 0.717) is 89.5 Å². The molecule has 4 saturated heterocycles. The smallest absolute Gasteiger partial charge is 0.324 e. The van der Waals surface area contributed by atoms with Gasteiger partial charge in [0.2, 0.25) is 5.91 Å². The summed E-state index contributed by atoms with van der Waals surface area (Å²) < 4.78 is 48.3. The molecule has 20 heteroatoms. The first-order chi connectivity index (χ1) is 38.8. The van der Waals surface area contributed by atoms with Gasteiger partial charge in [-0.05, 0) is 93.7 Å². The minimum Gasteiger partial charge on any atom is -0.464 e. The molecule has 6 fully saturated rings. The first-order valence-corrected chi connectivity index (χ1v) is 30.0. The highest BCUT2D eigenvalue weighted by atomic mass is 32.1. The van der Waals surface area contributed by atoms with Crippen LogP contribution in [0.25, 0.3) is 33.4 Å². The maximum absolute atomic E-state index is 15.4. The number of morpholine rings is 1. The number of hydrazine groups is 1. The molecule has 0 unspecified atom stereocenters. The minimum absolute atomic E-state index is 0.104. The molecule has 5 aliphatic heterocycles. The highest BCUT2D eigenvalue weighted by molar-refractivity contribution is 7.10. The fourth-order valence-corrected chi connectivity index (χ4v) is 14.1. The summed E-state index contributed by atoms with van der Waals surface area (Å²) in [5, 5.41) is 8.42. The Kier molecular flexibility index (Phi) is 16.1. The molecule has 80 heavy (non-hydrogen) atoms. The number of hydrogen-bond donors (Lipinski definition) is 2. The number of pyridine rings is 2. The lowest BCUT2D eigenvalue weighted by molar-refractivity contribution is -0.156. The average Bonchev–Trinajstić information content (AvgIpc) is 4.53. The van der Waals surface area contributed by atoms with Crippen molar-refractivity contribution in [3.63, 3.8) is 0 Å². The van der Waals surface area contributed by atoms with Crippen LogP contribution in [0.4, 0.5) is 10.1 Å². The van der Waals surface area contributed by atoms with Gasteiger partial charge in [-0.15, -0.1) is 11.3 Å². The number of fused-ring (bicyclic) bond motifs is 6. The van der Waals surface area contributed by atoms with Crippen LogP contribution >= 0.6 is 11.3 Å². The van der Waals surface area contributed by atoms with E-state index in [1.807, 2.05) is 18.5 Å². The fourth-order valence-electron chi connectivity index (χ4n) is 13.1. The molecule has 7 aliphatic rings. The second kappa shape index (κ2) is 23.4. The molecule has 2 N–H and O–H groups in total. The first-order valence-electron chi connectivity index (χ1n) is 29.1. The lowest BCUT2D eigenvalue weighted by Crippen LogP contribution is -2.63. The lowest BCUT2D eigenvalue weighted by atomic mass is 9.84. The van der Waals surface area contributed by atoms with Crippen molar-refractivity contribution in [2.24, 2.45) is 17.3 Å². The van der Waals surface area contributed by atoms with Crippen molar-refractivity contribution in [1.82, 2.24) is 45.1 Å². The second-order valence-electron chi connectivity index (χ2n) is 23.8. The summed E-state index contributed by atoms with van der Waals surface area (Å²) in [5.74, 6) is -2.96. The maximum Gasteiger partial charge on any atom is 0.324 e. The van der Waals surface area contributed by atoms with Crippen LogP contribution in [0.15, 0.2) is 54.2 Å². The number of piperazine rings is 1. The molecular formula is C60H77FN10O8S. The largest absolute Gasteiger partial charge is 0.464 e. The van der Waals surface area contributed by atoms with Gasteiger partial charge < -0.3 is 38.5 Å². The third-order valence-electron chi connectivity index (χ3n) is 17.8. The van der Waals surface area contributed by atoms with E-state index in [2.05, 4.69) is 80.0 Å². The molecule has 1 aromatic carbocycles. The second-order valence-corrected chi connectivity index (χ2v) is 24.7. The molecule has 4 aromatic heterocycles. The topological polar surface area (TPSA) is 178 Å². The molecule has 5 aromatic rings. The summed E-state index contributed by atoms with van der Waals surface area (Å²) >= 11 is 1.45. The summed E-state index contributed by atoms with van der Waals surface area (Å²) in [5.41, 5.74) is 10.6. The van der Waals surface area contributed by atoms with E-state index in [1.165, 1.54) is 47.5 Å². The van der Waals surface area contributed by atoms with Gasteiger partial charge in [-0.2, -0.15) is 0 Å². The van der Waals surface area contributed by atoms with E-state index in [-0.39, 0.29) is 36.3 Å². The molecule has 428 valence electrons. The number of aromatic nitrogens is 4. The Labute approximate surface area is 472 Å². The van der Waals surface area contributed by atoms with Crippen molar-refractivity contribution in [1.29, 1.82) is 0 Å². The zero-order valence-corrected chi connectivity index (χ0v) is 47.7. The number of nitrogens with one attached hydrogen (secondary N) is 2. The Morgan fingerprint density at radius 1 is 0.963 bits per heavy atom. The van der Waals surface area contributed by atoms with Gasteiger partial charge in [0.05, 0.1) is 79.3 Å². The highest BCUT2D eigenvalue weighted by Gasteiger charge is 2.56. The van der Waals surface area contributed by atoms with Gasteiger partial charge in [0.25, 0.3) is 5.91 Å². The van der Waals surface area contributed by atoms with Crippen LogP contribution in [0.5, 0.6) is 0 Å². The van der Waals surface area contributed by atoms with Crippen molar-refractivity contribution >= 4 is 45.7 Å². The number of benzene rings is 1. The summed E-state index contributed by atoms with van der Waals surface area (Å²) in [7, 11) is 1.73. The van der Waals surface area contributed by atoms with Crippen LogP contribution < -0.4 is 15.6 Å². The molecule has 2 aliphatic carbocycles. The van der Waals surface area contributed by atoms with E-state index in [4.69, 9.17) is 33.7 Å². The van der Waals surface area contributed by atoms with Crippen molar-refractivity contribution in [3.8, 4) is 22.5 Å². The molecule has 0 spiro atoms. The number of methoxy groups -OCH3 is 1. The standard InChI is InChI=1S/C60H77FN10O8S/c1-36-49(52-45(61)8-6-16-62-52)50(36)56(72)65-53-55(69-22-27-77-28-23-69)57-64-47(34-80-57)38-10-13-48-42(30-38)44(32-60(3,4)35-79-59(74)46-9-7-17-71(66-46)58(53)73)54(70(48)24-29-78-41-14-25-76-26-15-41)43-31-40(33-63-51(43)37(2)75-5)68-20-18-67(19-21-68)39-11-12-39/h6,8,10,13,16,30-31,33-34,36-37,39,41,46,49-50,53,55,66H,7,9,11-12,14-15,17-29,32,35H2,1-5H3,(H,65,72)/t36-,37+,46+,49+,50+,53+,55+/m1/s1. The van der Waals surface area contributed by atoms with Crippen molar-refractivity contribution < 1.29 is 42.5 Å². The number of amides is 2. The Morgan fingerprint density at radius 2 is 1.75 bits per heavy atom. The molecular weight excluding hydrogens is 1040 g/mol. The van der Waals surface area contributed by atoms with E-state index < -0.39 is 53.1 Å². The lowest BCUT2D eigenvalue weighted by Gasteiger charge is -2.41. The predicted molar refractivity (Wildman–Crippen MR) is 301 cm³/mol. The number of carbonyl (C=O) groups excluding carboxylic acids is 3. The van der Waals surface area contributed by atoms with Crippen LogP contribution in [0.1, 0.15) is 106 Å². The van der Waals surface area contributed by atoms with E-state index in [9.17, 15) is 9.59 Å². The molecule has 12 rings (SSSR count). The fraction of sp³-hybridized carbons (Fsp3) is 0.600. The van der Waals surface area contributed by atoms with E-state index in [0.717, 1.165) is 89.4 Å². The Morgan fingerprint density at radius 3 is 2.51 bits per heavy atom. The number of nitrogens with zero attached hydrogens (tertiary/aromatic N) is 8. The number of cyclic esters (lactones) is 1. The van der Waals surface area contributed by atoms with Crippen molar-refractivity contribution in [3.05, 3.63) is 81.9 Å². The zero-order chi connectivity index (χ0) is 55.2. The van der Waals surface area contributed by atoms with Gasteiger partial charge >= 0.3 is 5.97 Å². The van der Waals surface area contributed by atoms with Crippen molar-refractivity contribution in [2.75, 3.05) is 97.5 Å². The number of rotatable bonds is 13. The molecule has 9 heterocycles. The normalized spacial score (nSPS) is 26.7. The van der Waals surface area contributed by atoms with E-state index in [1.54, 1.807) is 7.11 Å². The Bertz CT molecular complexity index is 3060. The highest BCUT2D eigenvalue weighted by Crippen LogP contribution is 2.54. The summed E-state index contributed by atoms with van der Waals surface area (Å²) in [6.45, 7) is 16.7. The number of hydrogen-bond acceptors (Lipinski definition) is 16. The summed E-state index contributed by atoms with van der Waals surface area (Å²) in [6, 6.07) is 9.80. The SMILES string of the molecule is CO[C@@H](C)c1ncc(N2CCN(C3CC3)CC2)cc1-c1c2c3cc(ccc3n1CCOC1CCOCC1)-c1csc(n1)[C@@H](N1CCOCC1)[C@H](NC(=O)[C@H]1[C@H](C)[C@@H]1c1ncccc1F)C(=O)N1CCC[C@H](N1)C(=O)OCC(C)(C)C2. The number of anilines is 1. The van der Waals surface area contributed by atoms with Crippen LogP contribution in [0, 0.1) is 23.1 Å². The van der Waals surface area contributed by atoms with E-state index >= 15 is 9.18 Å². The number of halogens is 1. The van der Waals surface area contributed by atoms with Gasteiger partial charge in [-0.1, -0.05) is 26.8 Å². The van der Waals surface area contributed by atoms with Crippen molar-refractivity contribution in [2.45, 2.75) is 121 Å². The Balaban J connectivity index is 0.991. The minimum atomic E-state index is -1.15. The molecule has 18 nitrogen and oxygen atoms in total. The average molecular weight is 1120 g/mol. The van der Waals surface area contributed by atoms with Crippen LogP contribution in [-0.2, 0) is 51.0 Å². The molecule has 2 saturated carbocycles. The van der Waals surface area contributed by atoms with Crippen LogP contribution in [-0.4, -0.2) is 169 Å². The summed E-state index contributed by atoms with van der Waals surface area (Å²) in [6.07, 6.45) is 9.11. The molecule has 2 amide bonds. The quantitative estimate of drug-likeness (QED) is 0.114. The van der Waals surface area contributed by atoms with Gasteiger partial charge in [-0.3, -0.25) is 39.2 Å². The van der Waals surface area contributed by atoms with Gasteiger partial charge in [0.15, 0.2) is 0 Å². The number of thiazole rings is 1. The number of ether oxygens (including phenoxy) is 5. The number of carbonyl (C=O) groups is 3. The maximum atomic E-state index is 15.4. The Hall–Kier alpha value is -5.45. The van der Waals surface area contributed by atoms with Gasteiger partial charge in [0, 0.05) is 130 Å². The van der Waals surface area contributed by atoms with Gasteiger partial charge in [0.1, 0.15) is 22.9 Å². The van der Waals surface area contributed by atoms with Crippen LogP contribution in [0.3, 0.4) is 0 Å². The molecule has 0 radical (unpaired) electrons.